The quantitative estimate of drug-likeness (QED) is 0.195. The van der Waals surface area contributed by atoms with Gasteiger partial charge in [-0.25, -0.2) is 4.79 Å². The highest BCUT2D eigenvalue weighted by atomic mass is 16.6. The van der Waals surface area contributed by atoms with Crippen molar-refractivity contribution >= 4 is 5.97 Å². The highest BCUT2D eigenvalue weighted by molar-refractivity contribution is 5.76. The summed E-state index contributed by atoms with van der Waals surface area (Å²) >= 11 is 0. The maximum atomic E-state index is 13.0. The number of fused-ring (bicyclic) bond motifs is 2. The fourth-order valence-electron chi connectivity index (χ4n) is 10.3. The van der Waals surface area contributed by atoms with E-state index in [4.69, 9.17) is 28.4 Å². The number of aliphatic hydroxyl groups is 1. The van der Waals surface area contributed by atoms with Gasteiger partial charge in [-0.05, 0) is 81.4 Å². The summed E-state index contributed by atoms with van der Waals surface area (Å²) in [6.07, 6.45) is 7.14. The molecule has 5 aliphatic carbocycles. The summed E-state index contributed by atoms with van der Waals surface area (Å²) in [6.45, 7) is 12.2. The van der Waals surface area contributed by atoms with E-state index in [9.17, 15) is 9.90 Å². The van der Waals surface area contributed by atoms with Gasteiger partial charge in [0.15, 0.2) is 11.5 Å². The van der Waals surface area contributed by atoms with Crippen molar-refractivity contribution < 1.29 is 38.3 Å². The lowest BCUT2D eigenvalue weighted by atomic mass is 9.33. The second kappa shape index (κ2) is 11.2. The summed E-state index contributed by atoms with van der Waals surface area (Å²) in [4.78, 5) is 15.8. The van der Waals surface area contributed by atoms with Gasteiger partial charge in [-0.3, -0.25) is 4.90 Å². The largest absolute Gasteiger partial charge is 0.482 e. The van der Waals surface area contributed by atoms with Crippen LogP contribution in [0.2, 0.25) is 0 Å². The number of methoxy groups -OCH3 is 2. The van der Waals surface area contributed by atoms with E-state index in [1.165, 1.54) is 30.5 Å². The lowest BCUT2D eigenvalue weighted by Crippen LogP contribution is -2.83. The molecule has 7 aliphatic rings. The van der Waals surface area contributed by atoms with Crippen LogP contribution in [0.15, 0.2) is 12.1 Å². The van der Waals surface area contributed by atoms with Crippen LogP contribution in [-0.4, -0.2) is 99.7 Å². The minimum Gasteiger partial charge on any atom is -0.482 e. The molecule has 7 atom stereocenters. The summed E-state index contributed by atoms with van der Waals surface area (Å²) in [5, 5.41) is 12.4. The first kappa shape index (κ1) is 31.8. The minimum absolute atomic E-state index is 0.0577. The van der Waals surface area contributed by atoms with Crippen LogP contribution in [0.1, 0.15) is 77.3 Å². The molecule has 9 heteroatoms. The average Bonchev–Trinajstić information content (AvgIpc) is 3.75. The van der Waals surface area contributed by atoms with Crippen LogP contribution in [-0.2, 0) is 35.6 Å². The molecule has 9 nitrogen and oxygen atoms in total. The number of esters is 1. The number of carbonyl (C=O) groups excluding carboxylic acids is 1. The number of hydrogen-bond donors (Lipinski definition) is 1. The molecular weight excluding hydrogens is 574 g/mol. The molecule has 1 N–H and O–H groups in total. The summed E-state index contributed by atoms with van der Waals surface area (Å²) in [5.74, 6) is 1.40. The molecule has 1 aromatic carbocycles. The van der Waals surface area contributed by atoms with Gasteiger partial charge in [0.25, 0.3) is 0 Å². The monoisotopic (exact) mass is 627 g/mol. The lowest BCUT2D eigenvalue weighted by Gasteiger charge is -2.75. The zero-order chi connectivity index (χ0) is 31.8. The number of rotatable bonds is 13. The molecule has 4 saturated carbocycles. The Labute approximate surface area is 268 Å². The Hall–Kier alpha value is -1.75. The van der Waals surface area contributed by atoms with Crippen molar-refractivity contribution in [3.63, 3.8) is 0 Å². The van der Waals surface area contributed by atoms with E-state index in [-0.39, 0.29) is 34.9 Å². The number of benzene rings is 1. The van der Waals surface area contributed by atoms with E-state index in [1.807, 2.05) is 20.1 Å². The molecule has 5 fully saturated rings. The van der Waals surface area contributed by atoms with Crippen molar-refractivity contribution in [2.24, 2.45) is 22.7 Å². The van der Waals surface area contributed by atoms with Gasteiger partial charge in [0.2, 0.25) is 0 Å². The molecule has 4 bridgehead atoms. The molecule has 45 heavy (non-hydrogen) atoms. The Morgan fingerprint density at radius 1 is 1.04 bits per heavy atom. The first-order valence-corrected chi connectivity index (χ1v) is 17.1. The zero-order valence-corrected chi connectivity index (χ0v) is 28.1. The minimum atomic E-state index is -0.980. The van der Waals surface area contributed by atoms with Gasteiger partial charge in [0.1, 0.15) is 18.3 Å². The predicted molar refractivity (Wildman–Crippen MR) is 168 cm³/mol. The topological polar surface area (TPSA) is 95.9 Å². The summed E-state index contributed by atoms with van der Waals surface area (Å²) in [6, 6.07) is 4.47. The van der Waals surface area contributed by atoms with Crippen LogP contribution >= 0.6 is 0 Å². The van der Waals surface area contributed by atoms with Gasteiger partial charge >= 0.3 is 5.97 Å². The molecule has 8 rings (SSSR count). The third-order valence-corrected chi connectivity index (χ3v) is 13.1. The summed E-state index contributed by atoms with van der Waals surface area (Å²) in [7, 11) is 3.44. The van der Waals surface area contributed by atoms with Gasteiger partial charge in [-0.2, -0.15) is 0 Å². The Balaban J connectivity index is 1.24. The number of nitrogens with zero attached hydrogens (tertiary/aromatic N) is 1. The average molecular weight is 628 g/mol. The standard InChI is InChI=1S/C36H53NO8/c1-32(2,3)33(4,39)26-20-34-11-12-36(26,41-6)31-35(34)13-14-37(21-23-7-8-23)27(34)19-24-9-10-25(30(45-31)29(24)35)44-28(38)22-43-18-17-42-16-15-40-5/h9-10,23,26-27,31,39H,7-8,11-22H2,1-6H3/t26-,27-,31-,33-,34-,35+,36+/m1/s1. The van der Waals surface area contributed by atoms with Gasteiger partial charge in [0.05, 0.1) is 32.0 Å². The third-order valence-electron chi connectivity index (χ3n) is 13.1. The highest BCUT2D eigenvalue weighted by Crippen LogP contribution is 2.78. The third kappa shape index (κ3) is 4.58. The Morgan fingerprint density at radius 3 is 2.51 bits per heavy atom. The normalized spacial score (nSPS) is 35.9. The smallest absolute Gasteiger partial charge is 0.337 e. The second-order valence-electron chi connectivity index (χ2n) is 15.9. The van der Waals surface area contributed by atoms with Gasteiger partial charge < -0.3 is 33.5 Å². The van der Waals surface area contributed by atoms with Crippen molar-refractivity contribution in [1.29, 1.82) is 0 Å². The number of hydrogen-bond acceptors (Lipinski definition) is 9. The lowest BCUT2D eigenvalue weighted by molar-refractivity contribution is -0.312. The van der Waals surface area contributed by atoms with Crippen LogP contribution in [0.4, 0.5) is 0 Å². The van der Waals surface area contributed by atoms with E-state index in [0.29, 0.717) is 44.0 Å². The molecule has 250 valence electrons. The van der Waals surface area contributed by atoms with Crippen LogP contribution in [0.5, 0.6) is 11.5 Å². The zero-order valence-electron chi connectivity index (χ0n) is 28.1. The van der Waals surface area contributed by atoms with Crippen LogP contribution in [0.3, 0.4) is 0 Å². The Bertz CT molecular complexity index is 1300. The van der Waals surface area contributed by atoms with Gasteiger partial charge in [0, 0.05) is 49.1 Å². The highest BCUT2D eigenvalue weighted by Gasteiger charge is 2.82. The molecule has 1 aromatic rings. The van der Waals surface area contributed by atoms with Crippen molar-refractivity contribution in [3.8, 4) is 11.5 Å². The van der Waals surface area contributed by atoms with Crippen molar-refractivity contribution in [1.82, 2.24) is 4.90 Å². The van der Waals surface area contributed by atoms with E-state index in [2.05, 4.69) is 31.7 Å². The number of likely N-dealkylation sites (tertiary alicyclic amines) is 1. The molecule has 0 unspecified atom stereocenters. The first-order chi connectivity index (χ1) is 21.4. The fraction of sp³-hybridized carbons (Fsp3) is 0.806. The van der Waals surface area contributed by atoms with Gasteiger partial charge in [-0.15, -0.1) is 0 Å². The maximum absolute atomic E-state index is 13.0. The molecule has 2 heterocycles. The summed E-state index contributed by atoms with van der Waals surface area (Å²) in [5.41, 5.74) is 0.242. The molecule has 0 aromatic heterocycles. The van der Waals surface area contributed by atoms with E-state index >= 15 is 0 Å². The number of carbonyl (C=O) groups is 1. The molecule has 0 radical (unpaired) electrons. The van der Waals surface area contributed by atoms with E-state index in [1.54, 1.807) is 7.11 Å². The maximum Gasteiger partial charge on any atom is 0.337 e. The first-order valence-electron chi connectivity index (χ1n) is 17.1. The van der Waals surface area contributed by atoms with Gasteiger partial charge in [-0.1, -0.05) is 26.8 Å². The fourth-order valence-corrected chi connectivity index (χ4v) is 10.3. The molecule has 2 aliphatic heterocycles. The van der Waals surface area contributed by atoms with Crippen molar-refractivity contribution in [2.45, 2.75) is 101 Å². The van der Waals surface area contributed by atoms with E-state index < -0.39 is 17.2 Å². The van der Waals surface area contributed by atoms with Crippen LogP contribution in [0.25, 0.3) is 0 Å². The number of piperidine rings is 1. The van der Waals surface area contributed by atoms with Crippen LogP contribution < -0.4 is 9.47 Å². The van der Waals surface area contributed by atoms with Crippen LogP contribution in [0, 0.1) is 22.7 Å². The SMILES string of the molecule is COCCOCCOCC(=O)Oc1ccc2c3c1O[C@H]1[C@]4(OC)CC[C@@]5(C[C@@H]4[C@@](C)(O)C(C)(C)C)[C@@H](C2)N(CC2CC2)CC[C@]315. The Morgan fingerprint density at radius 2 is 1.80 bits per heavy atom. The molecule has 1 saturated heterocycles. The molecule has 2 spiro atoms. The second-order valence-corrected chi connectivity index (χ2v) is 15.9. The van der Waals surface area contributed by atoms with Crippen molar-refractivity contribution in [3.05, 3.63) is 23.3 Å². The molecular formula is C36H53NO8. The van der Waals surface area contributed by atoms with E-state index in [0.717, 1.165) is 44.6 Å². The summed E-state index contributed by atoms with van der Waals surface area (Å²) < 4.78 is 35.8. The Kier molecular flexibility index (Phi) is 7.90. The number of ether oxygens (including phenoxy) is 6. The van der Waals surface area contributed by atoms with Crippen molar-refractivity contribution in [2.75, 3.05) is 60.3 Å². The molecule has 0 amide bonds. The predicted octanol–water partition coefficient (Wildman–Crippen LogP) is 4.29.